The first kappa shape index (κ1) is 55.0. The standard InChI is InChI=1S/C50H63N9O10S3/c1-32-43(71-31-53-32)35-19-17-33(18-20-35)26-52-47(65)40-25-37(60)28-59(40)48(66)44(50(2,3)4)56-42(62)15-10-7-11-22-51-41(61)16-12-24-69-29-38(54-45(63)36-21-23-58(27-36)72(5,67)68)46(64)57-49-55-39(30-70-49)34-13-8-6-9-14-34/h6,8-9,13-14,17-21,23,27,30-31,37-38,40,44,60H,7,10-12,15-16,22,24-26,28-29H2,1-5H3,(H,51,61)(H,52,65)(H,54,63)(H,56,62)(H,55,57,64)/t37-,38+,40+,44-/m1/s1. The Bertz CT molecular complexity index is 2770. The van der Waals surface area contributed by atoms with Crippen LogP contribution in [0.1, 0.15) is 87.3 Å². The van der Waals surface area contributed by atoms with E-state index in [1.807, 2.05) is 82.3 Å². The molecule has 5 aromatic rings. The summed E-state index contributed by atoms with van der Waals surface area (Å²) in [4.78, 5) is 91.1. The smallest absolute Gasteiger partial charge is 0.253 e. The number of nitrogens with one attached hydrogen (secondary N) is 5. The lowest BCUT2D eigenvalue weighted by molar-refractivity contribution is -0.144. The second kappa shape index (κ2) is 25.4. The quantitative estimate of drug-likeness (QED) is 0.0453. The molecule has 72 heavy (non-hydrogen) atoms. The number of hydrogen-bond donors (Lipinski definition) is 6. The first-order valence-corrected chi connectivity index (χ1v) is 27.3. The van der Waals surface area contributed by atoms with Crippen LogP contribution in [0.2, 0.25) is 0 Å². The largest absolute Gasteiger partial charge is 0.391 e. The van der Waals surface area contributed by atoms with E-state index in [2.05, 4.69) is 36.6 Å². The minimum Gasteiger partial charge on any atom is -0.391 e. The number of aromatic nitrogens is 3. The molecule has 0 aliphatic carbocycles. The molecule has 4 atom stereocenters. The van der Waals surface area contributed by atoms with Gasteiger partial charge >= 0.3 is 0 Å². The number of carbonyl (C=O) groups is 6. The molecule has 1 aliphatic rings. The number of rotatable bonds is 24. The lowest BCUT2D eigenvalue weighted by Gasteiger charge is -2.35. The Morgan fingerprint density at radius 2 is 1.62 bits per heavy atom. The third-order valence-corrected chi connectivity index (χ3v) is 14.6. The fourth-order valence-electron chi connectivity index (χ4n) is 7.86. The molecule has 2 aromatic carbocycles. The number of thiazole rings is 2. The maximum Gasteiger partial charge on any atom is 0.253 e. The first-order chi connectivity index (χ1) is 34.3. The summed E-state index contributed by atoms with van der Waals surface area (Å²) in [6, 6.07) is 15.5. The maximum absolute atomic E-state index is 14.0. The van der Waals surface area contributed by atoms with Crippen LogP contribution in [0, 0.1) is 12.3 Å². The van der Waals surface area contributed by atoms with E-state index in [4.69, 9.17) is 4.74 Å². The summed E-state index contributed by atoms with van der Waals surface area (Å²) in [5.74, 6) is -2.66. The number of β-amino-alcohol motifs (C(OH)–C–C–N with tert-alkyl or cyclic N) is 1. The molecule has 19 nitrogen and oxygen atoms in total. The highest BCUT2D eigenvalue weighted by atomic mass is 32.2. The van der Waals surface area contributed by atoms with Gasteiger partial charge in [-0.05, 0) is 48.8 Å². The van der Waals surface area contributed by atoms with Gasteiger partial charge in [0, 0.05) is 68.8 Å². The van der Waals surface area contributed by atoms with Crippen molar-refractivity contribution in [2.45, 2.75) is 103 Å². The SMILES string of the molecule is Cc1ncsc1-c1ccc(CNC(=O)[C@@H]2C[C@@H](O)CN2C(=O)[C@@H](NC(=O)CCCCCNC(=O)CCCOC[C@H](NC(=O)c2ccn(S(C)(=O)=O)c2)C(=O)Nc2nc(-c3ccccc3)cs2)C(C)(C)C)cc1. The van der Waals surface area contributed by atoms with Gasteiger partial charge in [-0.15, -0.1) is 22.7 Å². The van der Waals surface area contributed by atoms with Crippen molar-refractivity contribution in [3.05, 3.63) is 101 Å². The molecule has 22 heteroatoms. The number of unbranched alkanes of at least 4 members (excludes halogenated alkanes) is 2. The highest BCUT2D eigenvalue weighted by Crippen LogP contribution is 2.29. The molecular weight excluding hydrogens is 983 g/mol. The minimum atomic E-state index is -3.64. The van der Waals surface area contributed by atoms with Gasteiger partial charge < -0.3 is 41.3 Å². The van der Waals surface area contributed by atoms with Crippen LogP contribution in [-0.2, 0) is 45.3 Å². The predicted octanol–water partition coefficient (Wildman–Crippen LogP) is 4.87. The van der Waals surface area contributed by atoms with Gasteiger partial charge in [-0.3, -0.25) is 32.7 Å². The Morgan fingerprint density at radius 3 is 2.31 bits per heavy atom. The normalized spacial score (nSPS) is 15.6. The van der Waals surface area contributed by atoms with Gasteiger partial charge in [0.25, 0.3) is 11.8 Å². The second-order valence-electron chi connectivity index (χ2n) is 18.7. The zero-order valence-corrected chi connectivity index (χ0v) is 43.5. The summed E-state index contributed by atoms with van der Waals surface area (Å²) >= 11 is 2.77. The van der Waals surface area contributed by atoms with Crippen LogP contribution in [0.4, 0.5) is 5.13 Å². The van der Waals surface area contributed by atoms with Crippen molar-refractivity contribution in [2.24, 2.45) is 5.41 Å². The summed E-state index contributed by atoms with van der Waals surface area (Å²) < 4.78 is 30.5. The van der Waals surface area contributed by atoms with Gasteiger partial charge in [-0.2, -0.15) is 0 Å². The predicted molar refractivity (Wildman–Crippen MR) is 275 cm³/mol. The molecule has 1 saturated heterocycles. The molecule has 6 rings (SSSR count). The van der Waals surface area contributed by atoms with Crippen LogP contribution in [-0.4, -0.2) is 125 Å². The third kappa shape index (κ3) is 15.8. The van der Waals surface area contributed by atoms with Gasteiger partial charge in [-0.1, -0.05) is 81.8 Å². The van der Waals surface area contributed by atoms with Crippen molar-refractivity contribution >= 4 is 73.3 Å². The van der Waals surface area contributed by atoms with Gasteiger partial charge in [0.1, 0.15) is 18.1 Å². The molecule has 0 radical (unpaired) electrons. The summed E-state index contributed by atoms with van der Waals surface area (Å²) in [7, 11) is -3.64. The molecule has 386 valence electrons. The number of amides is 6. The van der Waals surface area contributed by atoms with Crippen LogP contribution >= 0.6 is 22.7 Å². The molecule has 0 spiro atoms. The van der Waals surface area contributed by atoms with E-state index in [0.717, 1.165) is 43.7 Å². The van der Waals surface area contributed by atoms with Gasteiger partial charge in [0.2, 0.25) is 33.7 Å². The zero-order valence-electron chi connectivity index (χ0n) is 41.0. The highest BCUT2D eigenvalue weighted by Gasteiger charge is 2.44. The Labute approximate surface area is 427 Å². The fraction of sp³-hybridized carbons (Fsp3) is 0.440. The topological polar surface area (TPSA) is 260 Å². The number of ether oxygens (including phenoxy) is 1. The Hall–Kier alpha value is -6.33. The Kier molecular flexibility index (Phi) is 19.4. The molecule has 0 saturated carbocycles. The Balaban J connectivity index is 0.891. The maximum atomic E-state index is 14.0. The molecule has 1 fully saturated rings. The number of aryl methyl sites for hydroxylation is 1. The third-order valence-electron chi connectivity index (χ3n) is 11.8. The molecular formula is C50H63N9O10S3. The van der Waals surface area contributed by atoms with Crippen molar-refractivity contribution in [1.82, 2.24) is 40.1 Å². The van der Waals surface area contributed by atoms with E-state index >= 15 is 0 Å². The molecule has 0 unspecified atom stereocenters. The molecule has 4 heterocycles. The number of nitrogens with zero attached hydrogens (tertiary/aromatic N) is 4. The minimum absolute atomic E-state index is 0.0227. The number of hydrogen-bond acceptors (Lipinski definition) is 14. The first-order valence-electron chi connectivity index (χ1n) is 23.7. The summed E-state index contributed by atoms with van der Waals surface area (Å²) in [6.07, 6.45) is 4.89. The van der Waals surface area contributed by atoms with Crippen molar-refractivity contribution in [3.8, 4) is 21.7 Å². The van der Waals surface area contributed by atoms with Gasteiger partial charge in [0.15, 0.2) is 5.13 Å². The number of anilines is 1. The molecule has 3 aromatic heterocycles. The lowest BCUT2D eigenvalue weighted by atomic mass is 9.85. The van der Waals surface area contributed by atoms with Crippen LogP contribution in [0.15, 0.2) is 83.9 Å². The molecule has 1 aliphatic heterocycles. The van der Waals surface area contributed by atoms with Crippen LogP contribution < -0.4 is 26.6 Å². The van der Waals surface area contributed by atoms with Crippen molar-refractivity contribution < 1.29 is 47.0 Å². The van der Waals surface area contributed by atoms with Gasteiger partial charge in [0.05, 0.1) is 46.3 Å². The van der Waals surface area contributed by atoms with E-state index in [9.17, 15) is 42.3 Å². The number of carbonyl (C=O) groups excluding carboxylic acids is 6. The number of benzene rings is 2. The zero-order chi connectivity index (χ0) is 52.0. The molecule has 6 amide bonds. The monoisotopic (exact) mass is 1050 g/mol. The lowest BCUT2D eigenvalue weighted by Crippen LogP contribution is -2.57. The average Bonchev–Trinajstić information content (AvgIpc) is 4.19. The molecule has 6 N–H and O–H groups in total. The fourth-order valence-corrected chi connectivity index (χ4v) is 9.98. The van der Waals surface area contributed by atoms with E-state index in [-0.39, 0.29) is 68.9 Å². The summed E-state index contributed by atoms with van der Waals surface area (Å²) in [5.41, 5.74) is 5.51. The van der Waals surface area contributed by atoms with E-state index in [0.29, 0.717) is 43.1 Å². The van der Waals surface area contributed by atoms with E-state index in [1.165, 1.54) is 28.5 Å². The van der Waals surface area contributed by atoms with Crippen molar-refractivity contribution in [3.63, 3.8) is 0 Å². The number of likely N-dealkylation sites (tertiary alicyclic amines) is 1. The highest BCUT2D eigenvalue weighted by molar-refractivity contribution is 7.89. The van der Waals surface area contributed by atoms with E-state index in [1.54, 1.807) is 22.2 Å². The van der Waals surface area contributed by atoms with Crippen molar-refractivity contribution in [2.75, 3.05) is 37.9 Å². The van der Waals surface area contributed by atoms with Crippen LogP contribution in [0.25, 0.3) is 21.7 Å². The van der Waals surface area contributed by atoms with Crippen LogP contribution in [0.3, 0.4) is 0 Å². The summed E-state index contributed by atoms with van der Waals surface area (Å²) in [6.45, 7) is 7.88. The number of aliphatic hydroxyl groups is 1. The summed E-state index contributed by atoms with van der Waals surface area (Å²) in [5, 5.41) is 26.7. The van der Waals surface area contributed by atoms with E-state index < -0.39 is 57.4 Å². The average molecular weight is 1050 g/mol. The van der Waals surface area contributed by atoms with Crippen LogP contribution in [0.5, 0.6) is 0 Å². The van der Waals surface area contributed by atoms with Crippen molar-refractivity contribution in [1.29, 1.82) is 0 Å². The van der Waals surface area contributed by atoms with Gasteiger partial charge in [-0.25, -0.2) is 18.4 Å². The molecule has 0 bridgehead atoms. The second-order valence-corrected chi connectivity index (χ2v) is 22.3. The number of aliphatic hydroxyl groups excluding tert-OH is 1. The Morgan fingerprint density at radius 1 is 0.889 bits per heavy atom.